The predicted octanol–water partition coefficient (Wildman–Crippen LogP) is 3.79. The van der Waals surface area contributed by atoms with Crippen molar-refractivity contribution in [3.63, 3.8) is 0 Å². The summed E-state index contributed by atoms with van der Waals surface area (Å²) in [6.45, 7) is 0. The van der Waals surface area contributed by atoms with E-state index in [-0.39, 0.29) is 0 Å². The van der Waals surface area contributed by atoms with Gasteiger partial charge >= 0.3 is 0 Å². The summed E-state index contributed by atoms with van der Waals surface area (Å²) in [6, 6.07) is 10.0. The largest absolute Gasteiger partial charge is 0.388 e. The molecule has 1 aromatic heterocycles. The average Bonchev–Trinajstić information content (AvgIpc) is 2.66. The second kappa shape index (κ2) is 4.92. The van der Waals surface area contributed by atoms with Gasteiger partial charge in [-0.25, -0.2) is 0 Å². The number of rotatable bonds is 3. The Bertz CT molecular complexity index is 424. The lowest BCUT2D eigenvalue weighted by Gasteiger charge is -2.09. The molecule has 0 amide bonds. The molecule has 0 spiro atoms. The van der Waals surface area contributed by atoms with Crippen molar-refractivity contribution in [2.45, 2.75) is 12.5 Å². The normalized spacial score (nSPS) is 12.7. The summed E-state index contributed by atoms with van der Waals surface area (Å²) in [5, 5.41) is 14.0. The van der Waals surface area contributed by atoms with Crippen molar-refractivity contribution in [1.29, 1.82) is 0 Å². The molecule has 1 unspecified atom stereocenters. The molecule has 78 valence electrons. The molecule has 1 N–H and O–H groups in total. The Morgan fingerprint density at radius 2 is 1.93 bits per heavy atom. The molecule has 1 heterocycles. The predicted molar refractivity (Wildman–Crippen MR) is 67.1 cm³/mol. The topological polar surface area (TPSA) is 20.2 Å². The number of aliphatic hydroxyl groups excluding tert-OH is 1. The minimum absolute atomic E-state index is 0.423. The van der Waals surface area contributed by atoms with Crippen molar-refractivity contribution in [3.8, 4) is 0 Å². The molecule has 1 nitrogen and oxygen atoms in total. The van der Waals surface area contributed by atoms with E-state index in [1.807, 2.05) is 41.1 Å². The van der Waals surface area contributed by atoms with Gasteiger partial charge < -0.3 is 5.11 Å². The van der Waals surface area contributed by atoms with Crippen molar-refractivity contribution in [1.82, 2.24) is 0 Å². The van der Waals surface area contributed by atoms with Gasteiger partial charge in [-0.1, -0.05) is 30.3 Å². The number of thiophene rings is 1. The van der Waals surface area contributed by atoms with Crippen LogP contribution in [0.1, 0.15) is 17.2 Å². The maximum absolute atomic E-state index is 10.0. The molecule has 2 rings (SSSR count). The number of benzene rings is 1. The van der Waals surface area contributed by atoms with Crippen LogP contribution in [-0.2, 0) is 6.42 Å². The Hall–Kier alpha value is -0.640. The average molecular weight is 283 g/mol. The first kappa shape index (κ1) is 10.9. The van der Waals surface area contributed by atoms with E-state index < -0.39 is 6.10 Å². The van der Waals surface area contributed by atoms with Gasteiger partial charge in [-0.15, -0.1) is 0 Å². The summed E-state index contributed by atoms with van der Waals surface area (Å²) in [5.41, 5.74) is 2.13. The van der Waals surface area contributed by atoms with Crippen LogP contribution in [-0.4, -0.2) is 5.11 Å². The summed E-state index contributed by atoms with van der Waals surface area (Å²) in [7, 11) is 0. The van der Waals surface area contributed by atoms with Crippen LogP contribution in [0.25, 0.3) is 0 Å². The fourth-order valence-electron chi connectivity index (χ4n) is 1.48. The Kier molecular flexibility index (Phi) is 3.57. The standard InChI is InChI=1S/C12H11BrOS/c13-11-8-15-7-10(11)12(14)6-9-4-2-1-3-5-9/h1-5,7-8,12,14H,6H2. The van der Waals surface area contributed by atoms with Crippen molar-refractivity contribution in [2.75, 3.05) is 0 Å². The van der Waals surface area contributed by atoms with Gasteiger partial charge in [0.05, 0.1) is 6.10 Å². The highest BCUT2D eigenvalue weighted by Crippen LogP contribution is 2.29. The molecule has 15 heavy (non-hydrogen) atoms. The lowest BCUT2D eigenvalue weighted by atomic mass is 10.0. The summed E-state index contributed by atoms with van der Waals surface area (Å²) in [4.78, 5) is 0. The van der Waals surface area contributed by atoms with Crippen molar-refractivity contribution < 1.29 is 5.11 Å². The van der Waals surface area contributed by atoms with Crippen LogP contribution in [0.2, 0.25) is 0 Å². The van der Waals surface area contributed by atoms with Crippen LogP contribution in [0.4, 0.5) is 0 Å². The Morgan fingerprint density at radius 1 is 1.20 bits per heavy atom. The quantitative estimate of drug-likeness (QED) is 0.908. The molecule has 1 aromatic carbocycles. The van der Waals surface area contributed by atoms with E-state index in [2.05, 4.69) is 15.9 Å². The minimum Gasteiger partial charge on any atom is -0.388 e. The molecule has 0 bridgehead atoms. The van der Waals surface area contributed by atoms with Crippen LogP contribution in [0, 0.1) is 0 Å². The summed E-state index contributed by atoms with van der Waals surface area (Å²) in [6.07, 6.45) is 0.240. The maximum Gasteiger partial charge on any atom is 0.0849 e. The van der Waals surface area contributed by atoms with Gasteiger partial charge in [0.1, 0.15) is 0 Å². The molecule has 1 atom stereocenters. The van der Waals surface area contributed by atoms with Gasteiger partial charge in [-0.2, -0.15) is 11.3 Å². The fraction of sp³-hybridized carbons (Fsp3) is 0.167. The first-order valence-corrected chi connectivity index (χ1v) is 6.44. The van der Waals surface area contributed by atoms with E-state index in [4.69, 9.17) is 0 Å². The molecule has 0 aliphatic heterocycles. The number of hydrogen-bond acceptors (Lipinski definition) is 2. The summed E-state index contributed by atoms with van der Waals surface area (Å²) < 4.78 is 0.996. The summed E-state index contributed by atoms with van der Waals surface area (Å²) >= 11 is 5.03. The van der Waals surface area contributed by atoms with Crippen LogP contribution in [0.3, 0.4) is 0 Å². The molecule has 0 aliphatic carbocycles. The molecule has 3 heteroatoms. The second-order valence-corrected chi connectivity index (χ2v) is 4.98. The Labute approximate surface area is 102 Å². The van der Waals surface area contributed by atoms with Crippen LogP contribution >= 0.6 is 27.3 Å². The van der Waals surface area contributed by atoms with Gasteiger partial charge in [0.2, 0.25) is 0 Å². The highest BCUT2D eigenvalue weighted by Gasteiger charge is 2.12. The first-order valence-electron chi connectivity index (χ1n) is 4.71. The van der Waals surface area contributed by atoms with E-state index in [9.17, 15) is 5.11 Å². The molecule has 0 saturated heterocycles. The van der Waals surface area contributed by atoms with Crippen LogP contribution < -0.4 is 0 Å². The monoisotopic (exact) mass is 282 g/mol. The van der Waals surface area contributed by atoms with Crippen LogP contribution in [0.5, 0.6) is 0 Å². The van der Waals surface area contributed by atoms with Gasteiger partial charge in [-0.3, -0.25) is 0 Å². The lowest BCUT2D eigenvalue weighted by molar-refractivity contribution is 0.178. The van der Waals surface area contributed by atoms with Crippen LogP contribution in [0.15, 0.2) is 45.6 Å². The molecular weight excluding hydrogens is 272 g/mol. The smallest absolute Gasteiger partial charge is 0.0849 e. The highest BCUT2D eigenvalue weighted by molar-refractivity contribution is 9.10. The Morgan fingerprint density at radius 3 is 2.53 bits per heavy atom. The second-order valence-electron chi connectivity index (χ2n) is 3.38. The Balaban J connectivity index is 2.11. The van der Waals surface area contributed by atoms with E-state index in [0.29, 0.717) is 6.42 Å². The van der Waals surface area contributed by atoms with Crippen molar-refractivity contribution in [3.05, 3.63) is 56.7 Å². The molecule has 0 fully saturated rings. The van der Waals surface area contributed by atoms with E-state index >= 15 is 0 Å². The molecule has 2 aromatic rings. The first-order chi connectivity index (χ1) is 7.27. The minimum atomic E-state index is -0.423. The van der Waals surface area contributed by atoms with E-state index in [1.54, 1.807) is 11.3 Å². The van der Waals surface area contributed by atoms with Crippen molar-refractivity contribution >= 4 is 27.3 Å². The molecule has 0 saturated carbocycles. The number of halogens is 1. The lowest BCUT2D eigenvalue weighted by Crippen LogP contribution is -2.00. The third kappa shape index (κ3) is 2.68. The molecule has 0 radical (unpaired) electrons. The van der Waals surface area contributed by atoms with Gasteiger partial charge in [-0.05, 0) is 26.9 Å². The molecular formula is C12H11BrOS. The highest BCUT2D eigenvalue weighted by atomic mass is 79.9. The summed E-state index contributed by atoms with van der Waals surface area (Å²) in [5.74, 6) is 0. The van der Waals surface area contributed by atoms with Crippen molar-refractivity contribution in [2.24, 2.45) is 0 Å². The van der Waals surface area contributed by atoms with Gasteiger partial charge in [0.25, 0.3) is 0 Å². The zero-order chi connectivity index (χ0) is 10.7. The zero-order valence-electron chi connectivity index (χ0n) is 8.06. The fourth-order valence-corrected chi connectivity index (χ4v) is 3.08. The van der Waals surface area contributed by atoms with E-state index in [0.717, 1.165) is 15.6 Å². The third-order valence-electron chi connectivity index (χ3n) is 2.27. The molecule has 0 aliphatic rings. The zero-order valence-corrected chi connectivity index (χ0v) is 10.5. The number of aliphatic hydroxyl groups is 1. The SMILES string of the molecule is OC(Cc1ccccc1)c1cscc1Br. The third-order valence-corrected chi connectivity index (χ3v) is 4.02. The number of hydrogen-bond donors (Lipinski definition) is 1. The van der Waals surface area contributed by atoms with Gasteiger partial charge in [0, 0.05) is 21.8 Å². The van der Waals surface area contributed by atoms with Gasteiger partial charge in [0.15, 0.2) is 0 Å². The maximum atomic E-state index is 10.0. The van der Waals surface area contributed by atoms with E-state index in [1.165, 1.54) is 0 Å².